The van der Waals surface area contributed by atoms with Crippen molar-refractivity contribution in [3.05, 3.63) is 0 Å². The fourth-order valence-corrected chi connectivity index (χ4v) is 0. The van der Waals surface area contributed by atoms with E-state index < -0.39 is 15.9 Å². The van der Waals surface area contributed by atoms with Crippen molar-refractivity contribution in [2.75, 3.05) is 0 Å². The van der Waals surface area contributed by atoms with Gasteiger partial charge in [-0.05, 0) is 0 Å². The van der Waals surface area contributed by atoms with Crippen LogP contribution in [0.1, 0.15) is 0 Å². The van der Waals surface area contributed by atoms with Gasteiger partial charge in [-0.2, -0.15) is 0 Å². The molecule has 5 heavy (non-hydrogen) atoms. The van der Waals surface area contributed by atoms with Crippen LogP contribution >= 0.6 is 9.42 Å². The van der Waals surface area contributed by atoms with Crippen molar-refractivity contribution in [3.63, 3.8) is 0 Å². The van der Waals surface area contributed by atoms with Gasteiger partial charge in [-0.1, -0.05) is 0 Å². The number of hydrogen-bond donors (Lipinski definition) is 3. The van der Waals surface area contributed by atoms with Crippen LogP contribution in [0.4, 0.5) is 0 Å². The standard InChI is InChI=1S/ClH.2H2N.H2O.Pt/h1H;3*1H2;/q;2*-1;;+4/p-2. The van der Waals surface area contributed by atoms with Crippen molar-refractivity contribution >= 4 is 9.42 Å². The average molecular weight is 280 g/mol. The average Bonchev–Trinajstić information content (AvgIpc) is 0.722. The predicted octanol–water partition coefficient (Wildman–Crippen LogP) is -1.05. The predicted molar refractivity (Wildman–Crippen MR) is 16.4 cm³/mol. The molecule has 5 heteroatoms. The first-order chi connectivity index (χ1) is 2.00. The van der Waals surface area contributed by atoms with E-state index in [-0.39, 0.29) is 0 Å². The van der Waals surface area contributed by atoms with E-state index in [1.807, 2.05) is 0 Å². The normalized spacial score (nSPS) is 15.2. The molecule has 0 unspecified atom stereocenters. The summed E-state index contributed by atoms with van der Waals surface area (Å²) in [4.78, 5) is 0. The molecule has 0 fully saturated rings. The first-order valence-electron chi connectivity index (χ1n) is 0.626. The second-order valence-corrected chi connectivity index (χ2v) is 6.90. The topological polar surface area (TPSA) is 72.3 Å². The van der Waals surface area contributed by atoms with Crippen LogP contribution in [0.3, 0.4) is 0 Å². The third-order valence-electron chi connectivity index (χ3n) is 0. The van der Waals surface area contributed by atoms with Gasteiger partial charge in [0.1, 0.15) is 0 Å². The van der Waals surface area contributed by atoms with E-state index in [0.717, 1.165) is 0 Å². The third kappa shape index (κ3) is 53.9. The summed E-state index contributed by atoms with van der Waals surface area (Å²) in [6.07, 6.45) is 0. The van der Waals surface area contributed by atoms with Gasteiger partial charge in [0.2, 0.25) is 0 Å². The summed E-state index contributed by atoms with van der Waals surface area (Å²) < 4.78 is 17.3. The fourth-order valence-electron chi connectivity index (χ4n) is 0. The monoisotopic (exact) mass is 279 g/mol. The minimum absolute atomic E-state index is 3.47. The van der Waals surface area contributed by atoms with E-state index in [9.17, 15) is 0 Å². The van der Waals surface area contributed by atoms with Crippen LogP contribution < -0.4 is 8.58 Å². The van der Waals surface area contributed by atoms with E-state index >= 15 is 0 Å². The summed E-state index contributed by atoms with van der Waals surface area (Å²) in [6, 6.07) is 0. The summed E-state index contributed by atoms with van der Waals surface area (Å²) in [5, 5.41) is 0. The Balaban J connectivity index is 3.02. The van der Waals surface area contributed by atoms with Gasteiger partial charge in [0.05, 0.1) is 0 Å². The van der Waals surface area contributed by atoms with Crippen LogP contribution in [0.25, 0.3) is 0 Å². The summed E-state index contributed by atoms with van der Waals surface area (Å²) >= 11 is -3.47. The number of hydrogen-bond acceptors (Lipinski definition) is 3. The van der Waals surface area contributed by atoms with Gasteiger partial charge < -0.3 is 0 Å². The Morgan fingerprint density at radius 1 is 1.60 bits per heavy atom. The molecule has 0 radical (unpaired) electrons. The zero-order valence-electron chi connectivity index (χ0n) is 2.30. The van der Waals surface area contributed by atoms with Crippen molar-refractivity contribution in [1.29, 1.82) is 0 Å². The Bertz CT molecular complexity index is 25.1. The molecule has 0 saturated heterocycles. The van der Waals surface area contributed by atoms with E-state index in [4.69, 9.17) is 13.2 Å². The molecule has 0 spiro atoms. The van der Waals surface area contributed by atoms with Crippen molar-refractivity contribution in [2.45, 2.75) is 0 Å². The molecule has 0 aliphatic carbocycles. The van der Waals surface area contributed by atoms with Gasteiger partial charge >= 0.3 is 37.7 Å². The Kier molecular flexibility index (Phi) is 1.80. The summed E-state index contributed by atoms with van der Waals surface area (Å²) in [5.74, 6) is 0. The van der Waals surface area contributed by atoms with Crippen molar-refractivity contribution in [3.8, 4) is 0 Å². The molecule has 0 heterocycles. The molecule has 0 rings (SSSR count). The van der Waals surface area contributed by atoms with Gasteiger partial charge in [-0.25, -0.2) is 0 Å². The second kappa shape index (κ2) is 1.54. The zero-order chi connectivity index (χ0) is 4.50. The second-order valence-electron chi connectivity index (χ2n) is 0.460. The Hall–Kier alpha value is 0.858. The van der Waals surface area contributed by atoms with E-state index in [0.29, 0.717) is 0 Å². The number of nitrogens with two attached hydrogens (primary N) is 2. The molecular formula is H5ClN2OPt. The minimum atomic E-state index is -3.47. The molecule has 5 N–H and O–H groups in total. The summed E-state index contributed by atoms with van der Waals surface area (Å²) in [6.45, 7) is 0. The van der Waals surface area contributed by atoms with Gasteiger partial charge in [0.15, 0.2) is 0 Å². The van der Waals surface area contributed by atoms with Gasteiger partial charge in [-0.3, -0.25) is 0 Å². The third-order valence-corrected chi connectivity index (χ3v) is 0. The molecule has 0 bridgehead atoms. The molecule has 38 valence electrons. The summed E-state index contributed by atoms with van der Waals surface area (Å²) in [7, 11) is 4.82. The summed E-state index contributed by atoms with van der Waals surface area (Å²) in [5.41, 5.74) is 0. The molecule has 0 saturated carbocycles. The molecule has 0 aliphatic rings. The van der Waals surface area contributed by atoms with Crippen molar-refractivity contribution < 1.29 is 19.7 Å². The molecular weight excluding hydrogens is 275 g/mol. The van der Waals surface area contributed by atoms with Crippen LogP contribution in [0, 0.1) is 0 Å². The fraction of sp³-hybridized carbons (Fsp3) is 0. The van der Waals surface area contributed by atoms with Crippen LogP contribution in [-0.4, -0.2) is 3.76 Å². The zero-order valence-corrected chi connectivity index (χ0v) is 5.32. The van der Waals surface area contributed by atoms with Gasteiger partial charge in [-0.15, -0.1) is 0 Å². The molecule has 0 amide bonds. The maximum atomic E-state index is 8.02. The van der Waals surface area contributed by atoms with Gasteiger partial charge in [0, 0.05) is 0 Å². The number of rotatable bonds is 0. The molecule has 3 nitrogen and oxygen atoms in total. The van der Waals surface area contributed by atoms with Crippen LogP contribution in [0.15, 0.2) is 0 Å². The molecule has 0 atom stereocenters. The molecule has 0 aromatic heterocycles. The Morgan fingerprint density at radius 3 is 1.60 bits per heavy atom. The SMILES string of the molecule is [NH2][Pt]([NH2])([OH])[Cl]. The molecule has 0 aromatic carbocycles. The number of halogens is 1. The Labute approximate surface area is 38.1 Å². The van der Waals surface area contributed by atoms with Crippen molar-refractivity contribution in [2.24, 2.45) is 8.58 Å². The van der Waals surface area contributed by atoms with Crippen molar-refractivity contribution in [1.82, 2.24) is 0 Å². The Morgan fingerprint density at radius 2 is 1.60 bits per heavy atom. The van der Waals surface area contributed by atoms with Crippen LogP contribution in [0.2, 0.25) is 0 Å². The molecule has 0 aliphatic heterocycles. The quantitative estimate of drug-likeness (QED) is 0.530. The first-order valence-corrected chi connectivity index (χ1v) is 7.08. The molecule has 0 aromatic rings. The van der Waals surface area contributed by atoms with E-state index in [1.54, 1.807) is 0 Å². The van der Waals surface area contributed by atoms with E-state index in [1.165, 1.54) is 0 Å². The first kappa shape index (κ1) is 5.86. The van der Waals surface area contributed by atoms with Gasteiger partial charge in [0.25, 0.3) is 0 Å². The van der Waals surface area contributed by atoms with E-state index in [2.05, 4.69) is 8.58 Å². The maximum absolute atomic E-state index is 8.02. The van der Waals surface area contributed by atoms with Crippen LogP contribution in [0.5, 0.6) is 0 Å². The van der Waals surface area contributed by atoms with Crippen LogP contribution in [-0.2, 0) is 15.9 Å².